The zero-order valence-electron chi connectivity index (χ0n) is 13.3. The lowest BCUT2D eigenvalue weighted by molar-refractivity contribution is -0.134. The van der Waals surface area contributed by atoms with E-state index >= 15 is 0 Å². The molecule has 24 heavy (non-hydrogen) atoms. The molecule has 0 aliphatic carbocycles. The van der Waals surface area contributed by atoms with Crippen LogP contribution in [0.4, 0.5) is 0 Å². The summed E-state index contributed by atoms with van der Waals surface area (Å²) in [5.41, 5.74) is 0.933. The van der Waals surface area contributed by atoms with Gasteiger partial charge in [-0.05, 0) is 41.3 Å². The van der Waals surface area contributed by atoms with Crippen molar-refractivity contribution in [2.75, 3.05) is 5.75 Å². The summed E-state index contributed by atoms with van der Waals surface area (Å²) in [6, 6.07) is 4.67. The van der Waals surface area contributed by atoms with Crippen LogP contribution in [0.1, 0.15) is 26.3 Å². The van der Waals surface area contributed by atoms with Gasteiger partial charge in [0.15, 0.2) is 11.5 Å². The molecule has 0 amide bonds. The van der Waals surface area contributed by atoms with Crippen molar-refractivity contribution < 1.29 is 23.9 Å². The van der Waals surface area contributed by atoms with E-state index in [4.69, 9.17) is 9.47 Å². The van der Waals surface area contributed by atoms with Crippen LogP contribution in [0.15, 0.2) is 28.9 Å². The minimum Gasteiger partial charge on any atom is -0.423 e. The van der Waals surface area contributed by atoms with Gasteiger partial charge in [-0.2, -0.15) is 0 Å². The first kappa shape index (κ1) is 18.3. The van der Waals surface area contributed by atoms with Gasteiger partial charge in [0.2, 0.25) is 5.12 Å². The van der Waals surface area contributed by atoms with Crippen molar-refractivity contribution in [1.82, 2.24) is 0 Å². The lowest BCUT2D eigenvalue weighted by Crippen LogP contribution is -2.07. The Morgan fingerprint density at radius 2 is 1.88 bits per heavy atom. The average molecular weight is 365 g/mol. The largest absolute Gasteiger partial charge is 0.423 e. The third-order valence-corrected chi connectivity index (χ3v) is 4.54. The Balaban J connectivity index is 2.34. The zero-order valence-corrected chi connectivity index (χ0v) is 15.0. The highest BCUT2D eigenvalue weighted by atomic mass is 32.2. The highest BCUT2D eigenvalue weighted by molar-refractivity contribution is 8.45. The van der Waals surface area contributed by atoms with Crippen LogP contribution >= 0.6 is 23.5 Å². The summed E-state index contributed by atoms with van der Waals surface area (Å²) in [5.74, 6) is 0.0122. The van der Waals surface area contributed by atoms with E-state index in [-0.39, 0.29) is 16.6 Å². The Hall–Kier alpha value is -2.06. The highest BCUT2D eigenvalue weighted by Gasteiger charge is 2.22. The first-order valence-electron chi connectivity index (χ1n) is 7.05. The van der Waals surface area contributed by atoms with Gasteiger partial charge < -0.3 is 9.47 Å². The van der Waals surface area contributed by atoms with Crippen molar-refractivity contribution >= 4 is 51.0 Å². The molecule has 1 heterocycles. The Morgan fingerprint density at radius 3 is 2.50 bits per heavy atom. The quantitative estimate of drug-likeness (QED) is 0.460. The van der Waals surface area contributed by atoms with E-state index in [1.807, 2.05) is 6.92 Å². The van der Waals surface area contributed by atoms with Crippen molar-refractivity contribution in [3.05, 3.63) is 29.5 Å². The maximum Gasteiger partial charge on any atom is 0.308 e. The van der Waals surface area contributed by atoms with Gasteiger partial charge >= 0.3 is 11.9 Å². The van der Waals surface area contributed by atoms with Crippen molar-refractivity contribution in [2.24, 2.45) is 4.99 Å². The van der Waals surface area contributed by atoms with E-state index in [0.29, 0.717) is 15.6 Å². The number of aliphatic imine (C=N–C) groups is 1. The fourth-order valence-electron chi connectivity index (χ4n) is 1.82. The fraction of sp³-hybridized carbons (Fsp3) is 0.250. The monoisotopic (exact) mass is 365 g/mol. The SMILES string of the molecule is CCSC1=N/C(=C\c2ccc(OC(C)=O)c(OC(C)=O)c2)C(=O)S1. The van der Waals surface area contributed by atoms with Crippen LogP contribution in [0, 0.1) is 0 Å². The Morgan fingerprint density at radius 1 is 1.21 bits per heavy atom. The van der Waals surface area contributed by atoms with Gasteiger partial charge in [0.05, 0.1) is 0 Å². The summed E-state index contributed by atoms with van der Waals surface area (Å²) < 4.78 is 10.8. The van der Waals surface area contributed by atoms with Crippen LogP contribution in [0.2, 0.25) is 0 Å². The van der Waals surface area contributed by atoms with E-state index in [9.17, 15) is 14.4 Å². The minimum atomic E-state index is -0.541. The second kappa shape index (κ2) is 8.16. The van der Waals surface area contributed by atoms with Crippen LogP contribution in [0.5, 0.6) is 11.5 Å². The van der Waals surface area contributed by atoms with E-state index in [2.05, 4.69) is 4.99 Å². The van der Waals surface area contributed by atoms with Crippen molar-refractivity contribution in [3.8, 4) is 11.5 Å². The van der Waals surface area contributed by atoms with Crippen molar-refractivity contribution in [2.45, 2.75) is 20.8 Å². The highest BCUT2D eigenvalue weighted by Crippen LogP contribution is 2.33. The van der Waals surface area contributed by atoms with Crippen LogP contribution in [0.3, 0.4) is 0 Å². The second-order valence-electron chi connectivity index (χ2n) is 4.62. The molecule has 1 aromatic rings. The molecular weight excluding hydrogens is 350 g/mol. The first-order valence-corrected chi connectivity index (χ1v) is 8.85. The number of thioether (sulfide) groups is 2. The van der Waals surface area contributed by atoms with Gasteiger partial charge in [-0.3, -0.25) is 14.4 Å². The Kier molecular flexibility index (Phi) is 6.22. The van der Waals surface area contributed by atoms with E-state index in [1.54, 1.807) is 12.1 Å². The van der Waals surface area contributed by atoms with Crippen molar-refractivity contribution in [3.63, 3.8) is 0 Å². The van der Waals surface area contributed by atoms with Gasteiger partial charge in [0.1, 0.15) is 10.1 Å². The maximum atomic E-state index is 12.0. The third kappa shape index (κ3) is 4.97. The number of carbonyl (C=O) groups is 3. The van der Waals surface area contributed by atoms with Crippen LogP contribution in [-0.2, 0) is 14.4 Å². The molecule has 2 rings (SSSR count). The maximum absolute atomic E-state index is 12.0. The molecule has 0 saturated heterocycles. The summed E-state index contributed by atoms with van der Waals surface area (Å²) in [4.78, 5) is 38.6. The third-order valence-electron chi connectivity index (χ3n) is 2.65. The molecule has 0 radical (unpaired) electrons. The molecule has 1 aromatic carbocycles. The molecule has 0 aromatic heterocycles. The van der Waals surface area contributed by atoms with Crippen molar-refractivity contribution in [1.29, 1.82) is 0 Å². The zero-order chi connectivity index (χ0) is 17.7. The lowest BCUT2D eigenvalue weighted by atomic mass is 10.1. The number of nitrogens with zero attached hydrogens (tertiary/aromatic N) is 1. The molecule has 0 bridgehead atoms. The van der Waals surface area contributed by atoms with Gasteiger partial charge in [-0.1, -0.05) is 24.8 Å². The predicted molar refractivity (Wildman–Crippen MR) is 95.2 cm³/mol. The number of carbonyl (C=O) groups excluding carboxylic acids is 3. The van der Waals surface area contributed by atoms with E-state index < -0.39 is 11.9 Å². The smallest absolute Gasteiger partial charge is 0.308 e. The molecule has 6 nitrogen and oxygen atoms in total. The summed E-state index contributed by atoms with van der Waals surface area (Å²) in [6.45, 7) is 4.49. The molecule has 0 fully saturated rings. The molecule has 0 unspecified atom stereocenters. The minimum absolute atomic E-state index is 0.109. The summed E-state index contributed by atoms with van der Waals surface area (Å²) >= 11 is 2.60. The predicted octanol–water partition coefficient (Wildman–Crippen LogP) is 3.26. The molecule has 0 spiro atoms. The molecule has 1 aliphatic heterocycles. The lowest BCUT2D eigenvalue weighted by Gasteiger charge is -2.09. The van der Waals surface area contributed by atoms with E-state index in [1.165, 1.54) is 37.7 Å². The fourth-order valence-corrected chi connectivity index (χ4v) is 3.56. The summed E-state index contributed by atoms with van der Waals surface area (Å²) in [5, 5.41) is -0.135. The van der Waals surface area contributed by atoms with Crippen LogP contribution in [0.25, 0.3) is 6.08 Å². The van der Waals surface area contributed by atoms with E-state index in [0.717, 1.165) is 17.5 Å². The molecular formula is C16H15NO5S2. The second-order valence-corrected chi connectivity index (χ2v) is 7.10. The first-order chi connectivity index (χ1) is 11.4. The Bertz CT molecular complexity index is 755. The number of benzene rings is 1. The Labute approximate surface area is 147 Å². The topological polar surface area (TPSA) is 82.0 Å². The number of hydrogen-bond donors (Lipinski definition) is 0. The normalized spacial score (nSPS) is 15.4. The van der Waals surface area contributed by atoms with Gasteiger partial charge in [-0.25, -0.2) is 4.99 Å². The molecule has 0 N–H and O–H groups in total. The molecule has 8 heteroatoms. The molecule has 0 saturated carbocycles. The average Bonchev–Trinajstić information content (AvgIpc) is 2.81. The summed E-state index contributed by atoms with van der Waals surface area (Å²) in [7, 11) is 0. The molecule has 0 atom stereocenters. The van der Waals surface area contributed by atoms with Gasteiger partial charge in [0.25, 0.3) is 0 Å². The van der Waals surface area contributed by atoms with Gasteiger partial charge in [0, 0.05) is 13.8 Å². The number of rotatable bonds is 4. The number of ether oxygens (including phenoxy) is 2. The van der Waals surface area contributed by atoms with Crippen LogP contribution in [-0.4, -0.2) is 27.2 Å². The number of esters is 2. The molecule has 1 aliphatic rings. The molecule has 126 valence electrons. The van der Waals surface area contributed by atoms with Gasteiger partial charge in [-0.15, -0.1) is 0 Å². The van der Waals surface area contributed by atoms with Crippen LogP contribution < -0.4 is 9.47 Å². The standard InChI is InChI=1S/C16H15NO5S2/c1-4-23-16-17-12(15(20)24-16)7-11-5-6-13(21-9(2)18)14(8-11)22-10(3)19/h5-8H,4H2,1-3H3/b12-7-. The summed E-state index contributed by atoms with van der Waals surface area (Å²) in [6.07, 6.45) is 1.60. The number of hydrogen-bond acceptors (Lipinski definition) is 8.